The van der Waals surface area contributed by atoms with Gasteiger partial charge < -0.3 is 9.84 Å². The van der Waals surface area contributed by atoms with Crippen LogP contribution in [-0.4, -0.2) is 22.7 Å². The molecule has 0 fully saturated rings. The van der Waals surface area contributed by atoms with Crippen LogP contribution in [-0.2, 0) is 24.1 Å². The third kappa shape index (κ3) is 5.46. The maximum absolute atomic E-state index is 13.4. The highest BCUT2D eigenvalue weighted by molar-refractivity contribution is 7.12. The Bertz CT molecular complexity index is 1250. The number of thiazole rings is 1. The Morgan fingerprint density at radius 1 is 0.970 bits per heavy atom. The monoisotopic (exact) mass is 461 g/mol. The number of ether oxygens (including phenoxy) is 1. The van der Waals surface area contributed by atoms with Crippen molar-refractivity contribution in [3.63, 3.8) is 0 Å². The van der Waals surface area contributed by atoms with Gasteiger partial charge in [0.05, 0.1) is 23.7 Å². The molecule has 0 saturated heterocycles. The average Bonchev–Trinajstić information content (AvgIpc) is 3.21. The molecular weight excluding hydrogens is 437 g/mol. The second-order valence-corrected chi connectivity index (χ2v) is 8.71. The van der Waals surface area contributed by atoms with Gasteiger partial charge in [-0.25, -0.2) is 9.37 Å². The fourth-order valence-corrected chi connectivity index (χ4v) is 4.89. The molecule has 1 heterocycles. The number of carboxylic acids is 1. The summed E-state index contributed by atoms with van der Waals surface area (Å²) in [5.41, 5.74) is 4.67. The van der Waals surface area contributed by atoms with Crippen molar-refractivity contribution in [2.24, 2.45) is 0 Å². The molecule has 4 rings (SSSR count). The van der Waals surface area contributed by atoms with E-state index in [4.69, 9.17) is 9.72 Å². The van der Waals surface area contributed by atoms with Gasteiger partial charge in [0.25, 0.3) is 0 Å². The van der Waals surface area contributed by atoms with Gasteiger partial charge >= 0.3 is 5.97 Å². The minimum Gasteiger partial charge on any atom is -0.493 e. The molecule has 0 aliphatic rings. The molecule has 6 heteroatoms. The molecule has 0 amide bonds. The number of benzene rings is 3. The molecule has 33 heavy (non-hydrogen) atoms. The summed E-state index contributed by atoms with van der Waals surface area (Å²) in [5, 5.41) is 10.2. The first-order valence-electron chi connectivity index (χ1n) is 10.8. The smallest absolute Gasteiger partial charge is 0.308 e. The van der Waals surface area contributed by atoms with Gasteiger partial charge in [0.15, 0.2) is 0 Å². The fourth-order valence-electron chi connectivity index (χ4n) is 3.81. The van der Waals surface area contributed by atoms with Crippen molar-refractivity contribution < 1.29 is 19.0 Å². The Morgan fingerprint density at radius 3 is 2.39 bits per heavy atom. The summed E-state index contributed by atoms with van der Waals surface area (Å²) in [7, 11) is 0. The van der Waals surface area contributed by atoms with E-state index >= 15 is 0 Å². The maximum atomic E-state index is 13.4. The number of aromatic nitrogens is 1. The van der Waals surface area contributed by atoms with Crippen LogP contribution in [0.5, 0.6) is 5.75 Å². The average molecular weight is 462 g/mol. The van der Waals surface area contributed by atoms with E-state index in [1.165, 1.54) is 29.0 Å². The largest absolute Gasteiger partial charge is 0.493 e. The molecular formula is C27H24FNO3S. The summed E-state index contributed by atoms with van der Waals surface area (Å²) in [6.45, 7) is 2.56. The number of carboxylic acid groups (broad SMARTS) is 1. The standard InChI is InChI=1S/C27H24FNO3S/c1-2-32-23-10-6-5-9-22(23)21-8-4-3-7-18(21)13-16-25-29-27(24(33-25)17-26(30)31)19-11-14-20(28)15-12-19/h3-12,14-15H,2,13,16-17H2,1H3,(H,30,31). The predicted octanol–water partition coefficient (Wildman–Crippen LogP) is 6.43. The van der Waals surface area contributed by atoms with E-state index < -0.39 is 5.97 Å². The quantitative estimate of drug-likeness (QED) is 0.312. The molecule has 3 aromatic carbocycles. The number of halogens is 1. The highest BCUT2D eigenvalue weighted by Crippen LogP contribution is 2.34. The molecule has 0 atom stereocenters. The first-order chi connectivity index (χ1) is 16.0. The Kier molecular flexibility index (Phi) is 7.15. The van der Waals surface area contributed by atoms with Crippen LogP contribution >= 0.6 is 11.3 Å². The van der Waals surface area contributed by atoms with Crippen molar-refractivity contribution in [1.29, 1.82) is 0 Å². The highest BCUT2D eigenvalue weighted by atomic mass is 32.1. The third-order valence-corrected chi connectivity index (χ3v) is 6.39. The van der Waals surface area contributed by atoms with Gasteiger partial charge in [0.1, 0.15) is 11.6 Å². The number of nitrogens with zero attached hydrogens (tertiary/aromatic N) is 1. The lowest BCUT2D eigenvalue weighted by Crippen LogP contribution is -1.99. The lowest BCUT2D eigenvalue weighted by atomic mass is 9.96. The van der Waals surface area contributed by atoms with E-state index in [2.05, 4.69) is 18.2 Å². The van der Waals surface area contributed by atoms with E-state index in [1.807, 2.05) is 37.3 Å². The van der Waals surface area contributed by atoms with E-state index in [0.717, 1.165) is 33.9 Å². The molecule has 0 bridgehead atoms. The maximum Gasteiger partial charge on any atom is 0.308 e. The first-order valence-corrected chi connectivity index (χ1v) is 11.6. The molecule has 0 aliphatic carbocycles. The molecule has 0 spiro atoms. The minimum atomic E-state index is -0.911. The summed E-state index contributed by atoms with van der Waals surface area (Å²) >= 11 is 1.41. The van der Waals surface area contributed by atoms with Crippen LogP contribution in [0.1, 0.15) is 22.4 Å². The van der Waals surface area contributed by atoms with Gasteiger partial charge in [-0.2, -0.15) is 0 Å². The Morgan fingerprint density at radius 2 is 1.67 bits per heavy atom. The summed E-state index contributed by atoms with van der Waals surface area (Å²) in [6, 6.07) is 22.2. The van der Waals surface area contributed by atoms with Crippen LogP contribution in [0.3, 0.4) is 0 Å². The number of rotatable bonds is 9. The van der Waals surface area contributed by atoms with Crippen molar-refractivity contribution >= 4 is 17.3 Å². The summed E-state index contributed by atoms with van der Waals surface area (Å²) in [6.07, 6.45) is 1.31. The van der Waals surface area contributed by atoms with E-state index in [9.17, 15) is 14.3 Å². The van der Waals surface area contributed by atoms with Crippen molar-refractivity contribution in [3.05, 3.63) is 94.1 Å². The summed E-state index contributed by atoms with van der Waals surface area (Å²) in [4.78, 5) is 16.8. The zero-order chi connectivity index (χ0) is 23.2. The van der Waals surface area contributed by atoms with Crippen LogP contribution in [0.2, 0.25) is 0 Å². The Balaban J connectivity index is 1.62. The number of hydrogen-bond donors (Lipinski definition) is 1. The van der Waals surface area contributed by atoms with Gasteiger partial charge in [0.2, 0.25) is 0 Å². The van der Waals surface area contributed by atoms with Gasteiger partial charge in [-0.15, -0.1) is 11.3 Å². The first kappa shape index (κ1) is 22.7. The van der Waals surface area contributed by atoms with Crippen LogP contribution in [0.15, 0.2) is 72.8 Å². The molecule has 1 N–H and O–H groups in total. The highest BCUT2D eigenvalue weighted by Gasteiger charge is 2.17. The van der Waals surface area contributed by atoms with Crippen LogP contribution in [0, 0.1) is 5.82 Å². The zero-order valence-corrected chi connectivity index (χ0v) is 19.1. The molecule has 1 aromatic heterocycles. The van der Waals surface area contributed by atoms with Gasteiger partial charge in [-0.05, 0) is 54.8 Å². The van der Waals surface area contributed by atoms with E-state index in [1.54, 1.807) is 12.1 Å². The van der Waals surface area contributed by atoms with Crippen LogP contribution < -0.4 is 4.74 Å². The molecule has 0 unspecified atom stereocenters. The van der Waals surface area contributed by atoms with Crippen molar-refractivity contribution in [1.82, 2.24) is 4.98 Å². The lowest BCUT2D eigenvalue weighted by Gasteiger charge is -2.13. The van der Waals surface area contributed by atoms with Crippen molar-refractivity contribution in [3.8, 4) is 28.1 Å². The Hall–Kier alpha value is -3.51. The molecule has 0 aliphatic heterocycles. The van der Waals surface area contributed by atoms with E-state index in [0.29, 0.717) is 23.6 Å². The lowest BCUT2D eigenvalue weighted by molar-refractivity contribution is -0.136. The van der Waals surface area contributed by atoms with Crippen molar-refractivity contribution in [2.75, 3.05) is 6.61 Å². The SMILES string of the molecule is CCOc1ccccc1-c1ccccc1CCc1nc(-c2ccc(F)cc2)c(CC(=O)O)s1. The second kappa shape index (κ2) is 10.4. The fraction of sp³-hybridized carbons (Fsp3) is 0.185. The minimum absolute atomic E-state index is 0.108. The van der Waals surface area contributed by atoms with E-state index in [-0.39, 0.29) is 12.2 Å². The van der Waals surface area contributed by atoms with Gasteiger partial charge in [-0.3, -0.25) is 4.79 Å². The topological polar surface area (TPSA) is 59.4 Å². The third-order valence-electron chi connectivity index (χ3n) is 5.27. The predicted molar refractivity (Wildman–Crippen MR) is 129 cm³/mol. The van der Waals surface area contributed by atoms with Gasteiger partial charge in [0, 0.05) is 22.4 Å². The molecule has 0 saturated carbocycles. The zero-order valence-electron chi connectivity index (χ0n) is 18.3. The molecule has 4 aromatic rings. The summed E-state index contributed by atoms with van der Waals surface area (Å²) in [5.74, 6) is -0.395. The number of aryl methyl sites for hydroxylation is 2. The second-order valence-electron chi connectivity index (χ2n) is 7.54. The summed E-state index contributed by atoms with van der Waals surface area (Å²) < 4.78 is 19.2. The Labute approximate surface area is 196 Å². The van der Waals surface area contributed by atoms with Crippen molar-refractivity contribution in [2.45, 2.75) is 26.2 Å². The number of carbonyl (C=O) groups is 1. The molecule has 168 valence electrons. The van der Waals surface area contributed by atoms with Gasteiger partial charge in [-0.1, -0.05) is 42.5 Å². The molecule has 4 nitrogen and oxygen atoms in total. The normalized spacial score (nSPS) is 10.8. The number of hydrogen-bond acceptors (Lipinski definition) is 4. The van der Waals surface area contributed by atoms with Crippen LogP contribution in [0.4, 0.5) is 4.39 Å². The van der Waals surface area contributed by atoms with Crippen LogP contribution in [0.25, 0.3) is 22.4 Å². The number of para-hydroxylation sites is 1. The molecule has 0 radical (unpaired) electrons. The number of aliphatic carboxylic acids is 1.